The van der Waals surface area contributed by atoms with Gasteiger partial charge in [0.25, 0.3) is 0 Å². The summed E-state index contributed by atoms with van der Waals surface area (Å²) < 4.78 is 21.4. The van der Waals surface area contributed by atoms with E-state index in [0.717, 1.165) is 0 Å². The van der Waals surface area contributed by atoms with Crippen molar-refractivity contribution in [3.05, 3.63) is 11.6 Å². The van der Waals surface area contributed by atoms with Crippen LogP contribution in [0.3, 0.4) is 0 Å². The smallest absolute Gasteiger partial charge is 0.229 e. The molecule has 0 aliphatic carbocycles. The van der Waals surface area contributed by atoms with Crippen LogP contribution in [0.5, 0.6) is 0 Å². The Bertz CT molecular complexity index is 463. The Labute approximate surface area is 104 Å². The molecule has 2 heterocycles. The van der Waals surface area contributed by atoms with E-state index in [-0.39, 0.29) is 30.2 Å². The van der Waals surface area contributed by atoms with E-state index in [9.17, 15) is 0 Å². The highest BCUT2D eigenvalue weighted by molar-refractivity contribution is 5.40. The fourth-order valence-electron chi connectivity index (χ4n) is 1.64. The normalized spacial score (nSPS) is 21.9. The van der Waals surface area contributed by atoms with Gasteiger partial charge in [-0.15, -0.1) is 0 Å². The summed E-state index contributed by atoms with van der Waals surface area (Å²) in [5.41, 5.74) is 5.51. The van der Waals surface area contributed by atoms with Gasteiger partial charge in [-0.1, -0.05) is 0 Å². The number of aromatic nitrogens is 1. The summed E-state index contributed by atoms with van der Waals surface area (Å²) in [6.07, 6.45) is -0.109. The standard InChI is InChI=1S/C11H15N3O4/c1-11(2)16-5-7(18-11)4-15-6-9-14-8(3-12)10(13)17-9/h7H,4-6,13H2,1-2H3. The lowest BCUT2D eigenvalue weighted by Crippen LogP contribution is -2.24. The van der Waals surface area contributed by atoms with Gasteiger partial charge in [0.2, 0.25) is 17.5 Å². The zero-order valence-corrected chi connectivity index (χ0v) is 10.3. The first-order valence-corrected chi connectivity index (χ1v) is 5.55. The van der Waals surface area contributed by atoms with E-state index in [1.807, 2.05) is 19.9 Å². The van der Waals surface area contributed by atoms with E-state index in [1.54, 1.807) is 0 Å². The molecule has 1 aliphatic rings. The molecule has 1 aromatic heterocycles. The predicted octanol–water partition coefficient (Wildman–Crippen LogP) is 0.797. The van der Waals surface area contributed by atoms with E-state index in [4.69, 9.17) is 29.6 Å². The number of nitrogens with two attached hydrogens (primary N) is 1. The van der Waals surface area contributed by atoms with Crippen LogP contribution in [0.25, 0.3) is 0 Å². The second kappa shape index (κ2) is 4.94. The van der Waals surface area contributed by atoms with Crippen molar-refractivity contribution in [2.45, 2.75) is 32.3 Å². The summed E-state index contributed by atoms with van der Waals surface area (Å²) in [5, 5.41) is 8.66. The summed E-state index contributed by atoms with van der Waals surface area (Å²) >= 11 is 0. The van der Waals surface area contributed by atoms with Crippen LogP contribution >= 0.6 is 0 Å². The molecule has 1 aromatic rings. The number of nitriles is 1. The molecule has 1 fully saturated rings. The van der Waals surface area contributed by atoms with Gasteiger partial charge in [-0.05, 0) is 13.8 Å². The van der Waals surface area contributed by atoms with Crippen molar-refractivity contribution in [1.29, 1.82) is 5.26 Å². The van der Waals surface area contributed by atoms with E-state index in [2.05, 4.69) is 4.98 Å². The minimum absolute atomic E-state index is 0.0117. The molecule has 1 aliphatic heterocycles. The highest BCUT2D eigenvalue weighted by atomic mass is 16.7. The Morgan fingerprint density at radius 2 is 2.39 bits per heavy atom. The number of hydrogen-bond donors (Lipinski definition) is 1. The van der Waals surface area contributed by atoms with E-state index < -0.39 is 5.79 Å². The average molecular weight is 253 g/mol. The molecular formula is C11H15N3O4. The van der Waals surface area contributed by atoms with Gasteiger partial charge in [0.1, 0.15) is 18.8 Å². The van der Waals surface area contributed by atoms with Crippen molar-refractivity contribution in [3.8, 4) is 6.07 Å². The molecule has 0 radical (unpaired) electrons. The van der Waals surface area contributed by atoms with Gasteiger partial charge in [0.15, 0.2) is 5.79 Å². The van der Waals surface area contributed by atoms with E-state index in [0.29, 0.717) is 13.2 Å². The summed E-state index contributed by atoms with van der Waals surface area (Å²) in [6, 6.07) is 1.83. The van der Waals surface area contributed by atoms with Crippen molar-refractivity contribution < 1.29 is 18.6 Å². The van der Waals surface area contributed by atoms with Crippen molar-refractivity contribution >= 4 is 5.88 Å². The maximum atomic E-state index is 8.66. The Morgan fingerprint density at radius 3 is 2.94 bits per heavy atom. The maximum absolute atomic E-state index is 8.66. The lowest BCUT2D eigenvalue weighted by atomic mass is 10.4. The monoisotopic (exact) mass is 253 g/mol. The highest BCUT2D eigenvalue weighted by Gasteiger charge is 2.32. The molecule has 98 valence electrons. The van der Waals surface area contributed by atoms with Crippen LogP contribution in [0, 0.1) is 11.3 Å². The quantitative estimate of drug-likeness (QED) is 0.846. The average Bonchev–Trinajstić information content (AvgIpc) is 2.82. The molecule has 0 spiro atoms. The molecule has 2 rings (SSSR count). The lowest BCUT2D eigenvalue weighted by Gasteiger charge is -2.16. The van der Waals surface area contributed by atoms with E-state index >= 15 is 0 Å². The largest absolute Gasteiger partial charge is 0.422 e. The summed E-state index contributed by atoms with van der Waals surface area (Å²) in [6.45, 7) is 4.70. The van der Waals surface area contributed by atoms with Gasteiger partial charge in [-0.2, -0.15) is 10.2 Å². The van der Waals surface area contributed by atoms with Crippen LogP contribution in [0.4, 0.5) is 5.88 Å². The second-order valence-corrected chi connectivity index (χ2v) is 4.40. The zero-order chi connectivity index (χ0) is 13.2. The maximum Gasteiger partial charge on any atom is 0.229 e. The van der Waals surface area contributed by atoms with Gasteiger partial charge in [-0.3, -0.25) is 0 Å². The SMILES string of the molecule is CC1(C)OCC(COCc2nc(C#N)c(N)o2)O1. The molecule has 7 heteroatoms. The van der Waals surface area contributed by atoms with Gasteiger partial charge >= 0.3 is 0 Å². The first kappa shape index (κ1) is 12.8. The number of rotatable bonds is 4. The molecule has 18 heavy (non-hydrogen) atoms. The first-order chi connectivity index (χ1) is 8.50. The summed E-state index contributed by atoms with van der Waals surface area (Å²) in [5.74, 6) is -0.269. The van der Waals surface area contributed by atoms with E-state index in [1.165, 1.54) is 0 Å². The van der Waals surface area contributed by atoms with Crippen molar-refractivity contribution in [1.82, 2.24) is 4.98 Å². The number of nitrogen functional groups attached to an aromatic ring is 1. The molecule has 0 amide bonds. The molecular weight excluding hydrogens is 238 g/mol. The van der Waals surface area contributed by atoms with Crippen molar-refractivity contribution in [2.24, 2.45) is 0 Å². The molecule has 2 N–H and O–H groups in total. The molecule has 0 saturated carbocycles. The van der Waals surface area contributed by atoms with Crippen LogP contribution in [-0.4, -0.2) is 30.1 Å². The molecule has 1 saturated heterocycles. The third-order valence-electron chi connectivity index (χ3n) is 2.40. The Hall–Kier alpha value is -1.62. The number of anilines is 1. The zero-order valence-electron chi connectivity index (χ0n) is 10.3. The third kappa shape index (κ3) is 2.98. The van der Waals surface area contributed by atoms with Crippen LogP contribution in [0.15, 0.2) is 4.42 Å². The lowest BCUT2D eigenvalue weighted by molar-refractivity contribution is -0.145. The highest BCUT2D eigenvalue weighted by Crippen LogP contribution is 2.22. The fourth-order valence-corrected chi connectivity index (χ4v) is 1.64. The minimum atomic E-state index is -0.560. The Balaban J connectivity index is 1.77. The van der Waals surface area contributed by atoms with Crippen molar-refractivity contribution in [3.63, 3.8) is 0 Å². The number of hydrogen-bond acceptors (Lipinski definition) is 7. The number of oxazole rings is 1. The molecule has 0 aromatic carbocycles. The van der Waals surface area contributed by atoms with Gasteiger partial charge in [0.05, 0.1) is 13.2 Å². The minimum Gasteiger partial charge on any atom is -0.422 e. The van der Waals surface area contributed by atoms with Crippen LogP contribution in [0.1, 0.15) is 25.4 Å². The number of ether oxygens (including phenoxy) is 3. The van der Waals surface area contributed by atoms with Crippen molar-refractivity contribution in [2.75, 3.05) is 18.9 Å². The Morgan fingerprint density at radius 1 is 1.61 bits per heavy atom. The van der Waals surface area contributed by atoms with Crippen LogP contribution in [-0.2, 0) is 20.8 Å². The van der Waals surface area contributed by atoms with Gasteiger partial charge in [0, 0.05) is 0 Å². The molecule has 1 unspecified atom stereocenters. The predicted molar refractivity (Wildman–Crippen MR) is 60.2 cm³/mol. The van der Waals surface area contributed by atoms with Crippen LogP contribution < -0.4 is 5.73 Å². The molecule has 7 nitrogen and oxygen atoms in total. The third-order valence-corrected chi connectivity index (χ3v) is 2.40. The topological polar surface area (TPSA) is 104 Å². The molecule has 1 atom stereocenters. The second-order valence-electron chi connectivity index (χ2n) is 4.40. The van der Waals surface area contributed by atoms with Crippen LogP contribution in [0.2, 0.25) is 0 Å². The Kier molecular flexibility index (Phi) is 3.52. The fraction of sp³-hybridized carbons (Fsp3) is 0.636. The number of nitrogens with zero attached hydrogens (tertiary/aromatic N) is 2. The summed E-state index contributed by atoms with van der Waals surface area (Å²) in [7, 11) is 0. The van der Waals surface area contributed by atoms with Gasteiger partial charge in [-0.25, -0.2) is 0 Å². The van der Waals surface area contributed by atoms with Gasteiger partial charge < -0.3 is 24.4 Å². The summed E-state index contributed by atoms with van der Waals surface area (Å²) in [4.78, 5) is 3.87. The molecule has 0 bridgehead atoms. The first-order valence-electron chi connectivity index (χ1n) is 5.55.